The molecule has 0 aliphatic carbocycles. The molecule has 120 valence electrons. The summed E-state index contributed by atoms with van der Waals surface area (Å²) in [5, 5.41) is 11.9. The van der Waals surface area contributed by atoms with E-state index in [4.69, 9.17) is 30.0 Å². The van der Waals surface area contributed by atoms with Crippen molar-refractivity contribution in [3.8, 4) is 5.88 Å². The first kappa shape index (κ1) is 5.59. The summed E-state index contributed by atoms with van der Waals surface area (Å²) in [6.07, 6.45) is -2.33. The van der Waals surface area contributed by atoms with Gasteiger partial charge in [0.2, 0.25) is 5.82 Å². The molecule has 1 aromatic rings. The zero-order valence-electron chi connectivity index (χ0n) is 25.7. The third kappa shape index (κ3) is 5.39. The van der Waals surface area contributed by atoms with Crippen LogP contribution in [0, 0.1) is 0 Å². The number of ether oxygens (including phenoxy) is 2. The molecule has 2 N–H and O–H groups in total. The Morgan fingerprint density at radius 1 is 1.57 bits per heavy atom. The minimum Gasteiger partial charge on any atom is -0.472 e. The van der Waals surface area contributed by atoms with Crippen LogP contribution in [0.1, 0.15) is 41.1 Å². The minimum atomic E-state index is -3.77. The van der Waals surface area contributed by atoms with Gasteiger partial charge in [-0.25, -0.2) is 0 Å². The number of aromatic nitrogens is 2. The van der Waals surface area contributed by atoms with Gasteiger partial charge in [0.15, 0.2) is 0 Å². The van der Waals surface area contributed by atoms with Crippen molar-refractivity contribution >= 4 is 17.5 Å². The maximum Gasteiger partial charge on any atom is 0.270 e. The van der Waals surface area contributed by atoms with Crippen LogP contribution in [-0.2, 0) is 4.74 Å². The van der Waals surface area contributed by atoms with Crippen LogP contribution >= 0.6 is 11.7 Å². The molecule has 2 rings (SSSR count). The van der Waals surface area contributed by atoms with Crippen molar-refractivity contribution in [3.05, 3.63) is 0 Å². The van der Waals surface area contributed by atoms with Crippen molar-refractivity contribution in [2.24, 2.45) is 0 Å². The van der Waals surface area contributed by atoms with E-state index in [1.165, 1.54) is 5.32 Å². The second-order valence-electron chi connectivity index (χ2n) is 3.99. The molecular formula is C13H24N4O3S. The Labute approximate surface area is 150 Å². The van der Waals surface area contributed by atoms with E-state index in [0.717, 1.165) is 4.90 Å². The maximum atomic E-state index is 10.4. The van der Waals surface area contributed by atoms with Crippen molar-refractivity contribution in [3.63, 3.8) is 0 Å². The average molecular weight is 332 g/mol. The van der Waals surface area contributed by atoms with Gasteiger partial charge in [0.25, 0.3) is 5.88 Å². The molecule has 0 bridgehead atoms. The number of β-amino-alcohol motifs (C(OH)–C–C–N with tert-alkyl or cyclic N) is 1. The van der Waals surface area contributed by atoms with E-state index in [-0.39, 0.29) is 11.7 Å². The van der Waals surface area contributed by atoms with Crippen LogP contribution in [0.2, 0.25) is 0 Å². The number of nitrogens with zero attached hydrogens (tertiary/aromatic N) is 3. The lowest BCUT2D eigenvalue weighted by Gasteiger charge is -2.27. The van der Waals surface area contributed by atoms with Crippen LogP contribution in [0.3, 0.4) is 0 Å². The molecule has 0 amide bonds. The first-order valence-corrected chi connectivity index (χ1v) is 6.46. The summed E-state index contributed by atoms with van der Waals surface area (Å²) < 4.78 is 133. The maximum absolute atomic E-state index is 10.4. The van der Waals surface area contributed by atoms with Gasteiger partial charge in [-0.05, 0) is 20.6 Å². The molecule has 1 fully saturated rings. The number of nitrogens with one attached hydrogen (secondary N) is 1. The molecule has 0 saturated carbocycles. The second kappa shape index (κ2) is 7.35. The Morgan fingerprint density at radius 3 is 3.05 bits per heavy atom. The van der Waals surface area contributed by atoms with E-state index in [1.807, 2.05) is 0 Å². The molecule has 1 aliphatic heterocycles. The van der Waals surface area contributed by atoms with Crippen LogP contribution in [0.5, 0.6) is 5.88 Å². The molecule has 0 spiro atoms. The Kier molecular flexibility index (Phi) is 1.96. The standard InChI is InChI=1S/C13H24N4O3S/c1-13(2,3)14-8-10(18)9-20-12-11(15-21-16-12)17-4-6-19-7-5-17/h10,14,18H,4-9H2,1-3H3/t10-/m0/s1/i1D3,2D3,3D3,6D2,7D2,8D2. The van der Waals surface area contributed by atoms with Crippen LogP contribution in [0.4, 0.5) is 5.82 Å². The molecule has 1 saturated heterocycles. The quantitative estimate of drug-likeness (QED) is 0.786. The highest BCUT2D eigenvalue weighted by Gasteiger charge is 2.21. The zero-order chi connectivity index (χ0) is 28.2. The molecule has 2 heterocycles. The predicted molar refractivity (Wildman–Crippen MR) is 82.2 cm³/mol. The molecule has 8 heteroatoms. The van der Waals surface area contributed by atoms with E-state index in [9.17, 15) is 5.11 Å². The normalized spacial score (nSPS) is 35.7. The number of aliphatic hydroxyl groups excluding tert-OH is 1. The summed E-state index contributed by atoms with van der Waals surface area (Å²) in [4.78, 5) is 1.12. The number of morpholine rings is 1. The van der Waals surface area contributed by atoms with E-state index in [1.54, 1.807) is 0 Å². The molecule has 1 aliphatic rings. The van der Waals surface area contributed by atoms with E-state index >= 15 is 0 Å². The number of hydrogen-bond acceptors (Lipinski definition) is 8. The molecule has 0 radical (unpaired) electrons. The van der Waals surface area contributed by atoms with Crippen molar-refractivity contribution in [2.75, 3.05) is 44.2 Å². The summed E-state index contributed by atoms with van der Waals surface area (Å²) in [6, 6.07) is 0. The van der Waals surface area contributed by atoms with Crippen LogP contribution in [-0.4, -0.2) is 64.8 Å². The van der Waals surface area contributed by atoms with Crippen LogP contribution in [0.15, 0.2) is 0 Å². The lowest BCUT2D eigenvalue weighted by molar-refractivity contribution is 0.0975. The third-order valence-corrected chi connectivity index (χ3v) is 2.70. The first-order chi connectivity index (χ1) is 15.9. The minimum absolute atomic E-state index is 0.154. The Balaban J connectivity index is 2.27. The van der Waals surface area contributed by atoms with Crippen molar-refractivity contribution in [1.82, 2.24) is 14.1 Å². The lowest BCUT2D eigenvalue weighted by atomic mass is 10.1. The van der Waals surface area contributed by atoms with Crippen LogP contribution < -0.4 is 15.0 Å². The van der Waals surface area contributed by atoms with Gasteiger partial charge in [0.1, 0.15) is 12.7 Å². The highest BCUT2D eigenvalue weighted by molar-refractivity contribution is 6.99. The summed E-state index contributed by atoms with van der Waals surface area (Å²) in [5.74, 6) is -0.518. The number of rotatable bonds is 6. The Bertz CT molecular complexity index is 864. The number of anilines is 1. The summed E-state index contributed by atoms with van der Waals surface area (Å²) in [5.41, 5.74) is -3.75. The van der Waals surface area contributed by atoms with Gasteiger partial charge < -0.3 is 24.8 Å². The fraction of sp³-hybridized carbons (Fsp3) is 0.846. The fourth-order valence-corrected chi connectivity index (χ4v) is 1.85. The van der Waals surface area contributed by atoms with Gasteiger partial charge in [-0.3, -0.25) is 0 Å². The van der Waals surface area contributed by atoms with Gasteiger partial charge in [0, 0.05) is 40.2 Å². The molecular weight excluding hydrogens is 292 g/mol. The summed E-state index contributed by atoms with van der Waals surface area (Å²) in [6.45, 7) is -21.4. The molecule has 1 atom stereocenters. The molecule has 7 nitrogen and oxygen atoms in total. The molecule has 0 aromatic carbocycles. The highest BCUT2D eigenvalue weighted by atomic mass is 32.1. The predicted octanol–water partition coefficient (Wildman–Crippen LogP) is 0.502. The average Bonchev–Trinajstić information content (AvgIpc) is 3.07. The molecule has 1 aromatic heterocycles. The monoisotopic (exact) mass is 331 g/mol. The Hall–Kier alpha value is -0.960. The molecule has 21 heavy (non-hydrogen) atoms. The van der Waals surface area contributed by atoms with Crippen molar-refractivity contribution < 1.29 is 35.1 Å². The lowest BCUT2D eigenvalue weighted by Crippen LogP contribution is -2.42. The SMILES string of the molecule is [2H]C1([2H])CN(c2nsnc2OC[C@@H](O)C([2H])([2H])NC(C([2H])([2H])[2H])(C([2H])([2H])[2H])C([2H])([2H])[2H])CC([2H])([2H])O1. The van der Waals surface area contributed by atoms with E-state index in [0.29, 0.717) is 11.7 Å². The Morgan fingerprint density at radius 2 is 2.33 bits per heavy atom. The summed E-state index contributed by atoms with van der Waals surface area (Å²) in [7, 11) is 0. The summed E-state index contributed by atoms with van der Waals surface area (Å²) >= 11 is 0.573. The van der Waals surface area contributed by atoms with Crippen molar-refractivity contribution in [2.45, 2.75) is 32.2 Å². The topological polar surface area (TPSA) is 79.7 Å². The zero-order valence-corrected chi connectivity index (χ0v) is 11.5. The smallest absolute Gasteiger partial charge is 0.270 e. The van der Waals surface area contributed by atoms with Crippen molar-refractivity contribution in [1.29, 1.82) is 0 Å². The largest absolute Gasteiger partial charge is 0.472 e. The number of aliphatic hydroxyl groups is 1. The van der Waals surface area contributed by atoms with Gasteiger partial charge in [0.05, 0.1) is 30.3 Å². The third-order valence-electron chi connectivity index (χ3n) is 2.20. The fourth-order valence-electron chi connectivity index (χ4n) is 1.33. The van der Waals surface area contributed by atoms with Crippen LogP contribution in [0.25, 0.3) is 0 Å². The first-order valence-electron chi connectivity index (χ1n) is 13.2. The van der Waals surface area contributed by atoms with E-state index < -0.39 is 71.5 Å². The van der Waals surface area contributed by atoms with Gasteiger partial charge in [-0.1, -0.05) is 0 Å². The van der Waals surface area contributed by atoms with E-state index in [2.05, 4.69) is 8.75 Å². The van der Waals surface area contributed by atoms with Gasteiger partial charge >= 0.3 is 0 Å². The second-order valence-corrected chi connectivity index (χ2v) is 4.51. The highest BCUT2D eigenvalue weighted by Crippen LogP contribution is 2.26. The molecule has 0 unspecified atom stereocenters. The van der Waals surface area contributed by atoms with Gasteiger partial charge in [-0.15, -0.1) is 4.37 Å². The number of hydrogen-bond donors (Lipinski definition) is 2. The van der Waals surface area contributed by atoms with Gasteiger partial charge in [-0.2, -0.15) is 4.37 Å².